The van der Waals surface area contributed by atoms with E-state index in [0.29, 0.717) is 13.2 Å². The summed E-state index contributed by atoms with van der Waals surface area (Å²) in [6.07, 6.45) is 28.8. The zero-order valence-corrected chi connectivity index (χ0v) is 32.1. The Kier molecular flexibility index (Phi) is 39.3. The number of hydrogen-bond donors (Lipinski definition) is 2. The van der Waals surface area contributed by atoms with Gasteiger partial charge in [-0.25, -0.2) is 0 Å². The zero-order chi connectivity index (χ0) is 31.7. The largest absolute Gasteiger partial charge is 1.00 e. The summed E-state index contributed by atoms with van der Waals surface area (Å²) in [6, 6.07) is 0. The van der Waals surface area contributed by atoms with Crippen molar-refractivity contribution in [2.24, 2.45) is 0 Å². The number of rotatable bonds is 36. The van der Waals surface area contributed by atoms with Crippen LogP contribution in [0.25, 0.3) is 0 Å². The number of unbranched alkanes of at least 4 members (excludes halogenated alkanes) is 22. The second-order valence-electron chi connectivity index (χ2n) is 12.2. The van der Waals surface area contributed by atoms with Gasteiger partial charge in [-0.1, -0.05) is 155 Å². The van der Waals surface area contributed by atoms with Gasteiger partial charge in [0.05, 0.1) is 26.4 Å². The molecule has 44 heavy (non-hydrogen) atoms. The van der Waals surface area contributed by atoms with Crippen molar-refractivity contribution < 1.29 is 67.8 Å². The number of ether oxygens (including phenoxy) is 2. The summed E-state index contributed by atoms with van der Waals surface area (Å²) >= 11 is 0. The van der Waals surface area contributed by atoms with Crippen molar-refractivity contribution in [3.8, 4) is 0 Å². The van der Waals surface area contributed by atoms with Crippen LogP contribution in [0.3, 0.4) is 0 Å². The average Bonchev–Trinajstić information content (AvgIpc) is 3.00. The summed E-state index contributed by atoms with van der Waals surface area (Å²) in [5.74, 6) is 0. The maximum atomic E-state index is 12.0. The summed E-state index contributed by atoms with van der Waals surface area (Å²) in [7, 11) is -4.62. The van der Waals surface area contributed by atoms with Gasteiger partial charge >= 0.3 is 29.6 Å². The molecule has 0 rings (SSSR count). The minimum absolute atomic E-state index is 0. The van der Waals surface area contributed by atoms with Crippen molar-refractivity contribution in [2.75, 3.05) is 39.6 Å². The van der Waals surface area contributed by atoms with E-state index >= 15 is 0 Å². The van der Waals surface area contributed by atoms with Crippen molar-refractivity contribution in [3.63, 3.8) is 0 Å². The third-order valence-corrected chi connectivity index (χ3v) is 8.78. The third-order valence-electron chi connectivity index (χ3n) is 7.85. The standard InChI is InChI=1S/C34H71O8P.Na/c1-3-5-7-9-11-13-15-17-19-21-23-25-27-39-31-34(32-42-43(37,38)41-30-33(36)29-35)40-28-26-24-22-20-18-16-14-12-10-8-6-4-2;/h33-36H,3-32H2,1-2H3,(H,37,38);/q;+1/p-1. The van der Waals surface area contributed by atoms with Gasteiger partial charge < -0.3 is 33.6 Å². The van der Waals surface area contributed by atoms with Crippen LogP contribution in [0.5, 0.6) is 0 Å². The molecule has 3 atom stereocenters. The van der Waals surface area contributed by atoms with Crippen LogP contribution in [-0.4, -0.2) is 62.1 Å². The predicted molar refractivity (Wildman–Crippen MR) is 175 cm³/mol. The molecule has 0 fully saturated rings. The molecular weight excluding hydrogens is 590 g/mol. The van der Waals surface area contributed by atoms with Crippen LogP contribution in [0.1, 0.15) is 168 Å². The molecule has 0 aliphatic rings. The van der Waals surface area contributed by atoms with Gasteiger partial charge in [-0.05, 0) is 12.8 Å². The molecule has 0 aromatic heterocycles. The third kappa shape index (κ3) is 35.8. The number of aliphatic hydroxyl groups excluding tert-OH is 2. The minimum atomic E-state index is -4.62. The molecule has 0 heterocycles. The van der Waals surface area contributed by atoms with Crippen molar-refractivity contribution in [1.82, 2.24) is 0 Å². The second kappa shape index (κ2) is 36.8. The molecule has 3 unspecified atom stereocenters. The van der Waals surface area contributed by atoms with Gasteiger partial charge in [0, 0.05) is 13.2 Å². The van der Waals surface area contributed by atoms with Crippen molar-refractivity contribution in [2.45, 2.75) is 180 Å². The Morgan fingerprint density at radius 2 is 0.932 bits per heavy atom. The first-order valence-electron chi connectivity index (χ1n) is 18.0. The monoisotopic (exact) mass is 660 g/mol. The zero-order valence-electron chi connectivity index (χ0n) is 29.2. The molecule has 8 nitrogen and oxygen atoms in total. The van der Waals surface area contributed by atoms with E-state index in [2.05, 4.69) is 18.4 Å². The summed E-state index contributed by atoms with van der Waals surface area (Å²) < 4.78 is 33.4. The van der Waals surface area contributed by atoms with Gasteiger partial charge in [-0.15, -0.1) is 0 Å². The Morgan fingerprint density at radius 1 is 0.568 bits per heavy atom. The molecule has 0 amide bonds. The van der Waals surface area contributed by atoms with E-state index in [-0.39, 0.29) is 42.8 Å². The average molecular weight is 661 g/mol. The molecule has 0 aliphatic heterocycles. The maximum absolute atomic E-state index is 12.0. The molecule has 10 heteroatoms. The first-order chi connectivity index (χ1) is 20.9. The van der Waals surface area contributed by atoms with Crippen molar-refractivity contribution in [1.29, 1.82) is 0 Å². The molecule has 0 saturated heterocycles. The van der Waals surface area contributed by atoms with Gasteiger partial charge in [0.15, 0.2) is 0 Å². The van der Waals surface area contributed by atoms with Crippen LogP contribution in [-0.2, 0) is 23.1 Å². The van der Waals surface area contributed by atoms with Crippen LogP contribution in [0.15, 0.2) is 0 Å². The Balaban J connectivity index is 0. The SMILES string of the molecule is CCCCCCCCCCCCCCOCC(COP(=O)([O-])OCC(O)CO)OCCCCCCCCCCCCCC.[Na+]. The molecule has 2 N–H and O–H groups in total. The second-order valence-corrected chi connectivity index (χ2v) is 13.6. The molecule has 0 aliphatic carbocycles. The Labute approximate surface area is 294 Å². The number of phosphoric acid groups is 1. The molecule has 0 spiro atoms. The normalized spacial score (nSPS) is 14.3. The summed E-state index contributed by atoms with van der Waals surface area (Å²) in [6.45, 7) is 4.58. The summed E-state index contributed by atoms with van der Waals surface area (Å²) in [4.78, 5) is 12.0. The summed E-state index contributed by atoms with van der Waals surface area (Å²) in [5, 5.41) is 18.2. The van der Waals surface area contributed by atoms with Gasteiger partial charge in [-0.3, -0.25) is 4.57 Å². The van der Waals surface area contributed by atoms with E-state index in [0.717, 1.165) is 25.7 Å². The molecule has 0 radical (unpaired) electrons. The van der Waals surface area contributed by atoms with E-state index in [1.165, 1.54) is 128 Å². The Bertz CT molecular complexity index is 602. The van der Waals surface area contributed by atoms with Crippen LogP contribution >= 0.6 is 7.82 Å². The topological polar surface area (TPSA) is 118 Å². The van der Waals surface area contributed by atoms with Gasteiger partial charge in [-0.2, -0.15) is 0 Å². The molecule has 0 aromatic rings. The Morgan fingerprint density at radius 3 is 1.34 bits per heavy atom. The van der Waals surface area contributed by atoms with E-state index in [1.807, 2.05) is 0 Å². The fraction of sp³-hybridized carbons (Fsp3) is 1.00. The molecule has 0 saturated carbocycles. The first-order valence-corrected chi connectivity index (χ1v) is 19.5. The van der Waals surface area contributed by atoms with Crippen LogP contribution in [0.2, 0.25) is 0 Å². The van der Waals surface area contributed by atoms with Crippen LogP contribution in [0.4, 0.5) is 0 Å². The Hall–Kier alpha value is 0.950. The van der Waals surface area contributed by atoms with Crippen LogP contribution in [0, 0.1) is 0 Å². The van der Waals surface area contributed by atoms with Crippen molar-refractivity contribution in [3.05, 3.63) is 0 Å². The van der Waals surface area contributed by atoms with Gasteiger partial charge in [0.2, 0.25) is 0 Å². The minimum Gasteiger partial charge on any atom is -0.756 e. The molecule has 0 aromatic carbocycles. The van der Waals surface area contributed by atoms with Crippen molar-refractivity contribution >= 4 is 7.82 Å². The number of phosphoric ester groups is 1. The predicted octanol–water partition coefficient (Wildman–Crippen LogP) is 5.65. The quantitative estimate of drug-likeness (QED) is 0.0503. The van der Waals surface area contributed by atoms with E-state index in [9.17, 15) is 14.6 Å². The molecule has 0 bridgehead atoms. The fourth-order valence-corrected chi connectivity index (χ4v) is 5.82. The summed E-state index contributed by atoms with van der Waals surface area (Å²) in [5.41, 5.74) is 0. The maximum Gasteiger partial charge on any atom is 1.00 e. The van der Waals surface area contributed by atoms with Gasteiger partial charge in [0.25, 0.3) is 7.82 Å². The smallest absolute Gasteiger partial charge is 0.756 e. The van der Waals surface area contributed by atoms with Gasteiger partial charge in [0.1, 0.15) is 12.2 Å². The van der Waals surface area contributed by atoms with E-state index < -0.39 is 33.2 Å². The number of hydrogen-bond acceptors (Lipinski definition) is 8. The first kappa shape index (κ1) is 47.1. The van der Waals surface area contributed by atoms with Crippen LogP contribution < -0.4 is 34.5 Å². The van der Waals surface area contributed by atoms with E-state index in [4.69, 9.17) is 19.1 Å². The molecular formula is C34H70NaO8P. The fourth-order valence-electron chi connectivity index (χ4n) is 5.04. The molecule has 260 valence electrons. The number of aliphatic hydroxyl groups is 2. The van der Waals surface area contributed by atoms with E-state index in [1.54, 1.807) is 0 Å².